The van der Waals surface area contributed by atoms with Crippen LogP contribution in [0.2, 0.25) is 0 Å². The number of carbonyl (C=O) groups excluding carboxylic acids is 1. The minimum absolute atomic E-state index is 0.0664. The lowest BCUT2D eigenvalue weighted by molar-refractivity contribution is -0.118. The molecule has 0 aromatic heterocycles. The van der Waals surface area contributed by atoms with Gasteiger partial charge in [-0.1, -0.05) is 12.1 Å². The highest BCUT2D eigenvalue weighted by atomic mass is 19.1. The normalized spacial score (nSPS) is 12.5. The summed E-state index contributed by atoms with van der Waals surface area (Å²) in [7, 11) is 1.73. The Morgan fingerprint density at radius 1 is 1.57 bits per heavy atom. The molecule has 0 aliphatic heterocycles. The fourth-order valence-corrected chi connectivity index (χ4v) is 1.35. The minimum atomic E-state index is -0.263. The van der Waals surface area contributed by atoms with Crippen LogP contribution in [0.15, 0.2) is 24.3 Å². The van der Waals surface area contributed by atoms with E-state index in [9.17, 15) is 9.18 Å². The lowest BCUT2D eigenvalue weighted by Gasteiger charge is -2.12. The zero-order valence-electron chi connectivity index (χ0n) is 8.38. The van der Waals surface area contributed by atoms with Gasteiger partial charge in [-0.3, -0.25) is 4.79 Å². The van der Waals surface area contributed by atoms with Gasteiger partial charge in [-0.15, -0.1) is 0 Å². The number of halogens is 1. The van der Waals surface area contributed by atoms with Crippen LogP contribution in [0.25, 0.3) is 0 Å². The van der Waals surface area contributed by atoms with Crippen molar-refractivity contribution in [3.63, 3.8) is 0 Å². The van der Waals surface area contributed by atoms with Gasteiger partial charge in [0, 0.05) is 0 Å². The van der Waals surface area contributed by atoms with E-state index >= 15 is 0 Å². The van der Waals surface area contributed by atoms with Crippen molar-refractivity contribution in [2.75, 3.05) is 7.05 Å². The maximum atomic E-state index is 12.8. The van der Waals surface area contributed by atoms with Crippen LogP contribution in [0.5, 0.6) is 0 Å². The number of ketones is 1. The van der Waals surface area contributed by atoms with Crippen LogP contribution in [0.1, 0.15) is 12.5 Å². The second-order valence-electron chi connectivity index (χ2n) is 3.29. The van der Waals surface area contributed by atoms with E-state index in [0.717, 1.165) is 5.56 Å². The van der Waals surface area contributed by atoms with Gasteiger partial charge in [-0.2, -0.15) is 0 Å². The molecule has 14 heavy (non-hydrogen) atoms. The van der Waals surface area contributed by atoms with Crippen molar-refractivity contribution in [2.45, 2.75) is 19.4 Å². The number of hydrogen-bond donors (Lipinski definition) is 1. The van der Waals surface area contributed by atoms with Crippen LogP contribution in [0.3, 0.4) is 0 Å². The molecule has 0 saturated heterocycles. The summed E-state index contributed by atoms with van der Waals surface area (Å²) in [4.78, 5) is 11.1. The lowest BCUT2D eigenvalue weighted by Crippen LogP contribution is -2.34. The molecule has 0 radical (unpaired) electrons. The summed E-state index contributed by atoms with van der Waals surface area (Å²) >= 11 is 0. The Morgan fingerprint density at radius 2 is 2.29 bits per heavy atom. The van der Waals surface area contributed by atoms with E-state index in [0.29, 0.717) is 6.42 Å². The number of hydrogen-bond acceptors (Lipinski definition) is 2. The van der Waals surface area contributed by atoms with Crippen molar-refractivity contribution in [3.05, 3.63) is 35.6 Å². The second-order valence-corrected chi connectivity index (χ2v) is 3.29. The Kier molecular flexibility index (Phi) is 3.77. The molecule has 1 aromatic rings. The van der Waals surface area contributed by atoms with Crippen molar-refractivity contribution < 1.29 is 9.18 Å². The maximum absolute atomic E-state index is 12.8. The molecule has 1 aromatic carbocycles. The molecule has 3 heteroatoms. The Balaban J connectivity index is 2.72. The van der Waals surface area contributed by atoms with E-state index in [4.69, 9.17) is 0 Å². The van der Waals surface area contributed by atoms with Crippen molar-refractivity contribution in [2.24, 2.45) is 0 Å². The lowest BCUT2D eigenvalue weighted by atomic mass is 10.0. The van der Waals surface area contributed by atoms with Gasteiger partial charge in [0.25, 0.3) is 0 Å². The van der Waals surface area contributed by atoms with Gasteiger partial charge >= 0.3 is 0 Å². The van der Waals surface area contributed by atoms with Crippen LogP contribution in [0, 0.1) is 5.82 Å². The Morgan fingerprint density at radius 3 is 2.79 bits per heavy atom. The summed E-state index contributed by atoms with van der Waals surface area (Å²) in [6.45, 7) is 1.53. The number of rotatable bonds is 4. The molecular formula is C11H14FNO. The summed E-state index contributed by atoms with van der Waals surface area (Å²) in [6.07, 6.45) is 0.531. The first kappa shape index (κ1) is 10.9. The average molecular weight is 195 g/mol. The van der Waals surface area contributed by atoms with E-state index in [1.54, 1.807) is 13.1 Å². The SMILES string of the molecule is CN[C@H](Cc1cccc(F)c1)C(C)=O. The summed E-state index contributed by atoms with van der Waals surface area (Å²) < 4.78 is 12.8. The summed E-state index contributed by atoms with van der Waals surface area (Å²) in [6, 6.07) is 6.09. The Bertz CT molecular complexity index is 325. The van der Waals surface area contributed by atoms with E-state index < -0.39 is 0 Å². The molecule has 0 unspecified atom stereocenters. The van der Waals surface area contributed by atoms with Gasteiger partial charge in [-0.05, 0) is 38.1 Å². The van der Waals surface area contributed by atoms with Crippen LogP contribution in [-0.2, 0) is 11.2 Å². The van der Waals surface area contributed by atoms with E-state index in [-0.39, 0.29) is 17.6 Å². The highest BCUT2D eigenvalue weighted by Crippen LogP contribution is 2.06. The quantitative estimate of drug-likeness (QED) is 0.789. The molecule has 1 rings (SSSR count). The summed E-state index contributed by atoms with van der Waals surface area (Å²) in [5.74, 6) is -0.197. The number of Topliss-reactive ketones (excluding diaryl/α,β-unsaturated/α-hetero) is 1. The van der Waals surface area contributed by atoms with E-state index in [1.807, 2.05) is 6.07 Å². The molecule has 2 nitrogen and oxygen atoms in total. The molecular weight excluding hydrogens is 181 g/mol. The largest absolute Gasteiger partial charge is 0.310 e. The third kappa shape index (κ3) is 2.92. The number of likely N-dealkylation sites (N-methyl/N-ethyl adjacent to an activating group) is 1. The van der Waals surface area contributed by atoms with Gasteiger partial charge in [0.05, 0.1) is 6.04 Å². The predicted molar refractivity (Wildman–Crippen MR) is 53.6 cm³/mol. The van der Waals surface area contributed by atoms with Crippen LogP contribution in [0.4, 0.5) is 4.39 Å². The summed E-state index contributed by atoms with van der Waals surface area (Å²) in [5.41, 5.74) is 0.833. The second kappa shape index (κ2) is 4.86. The highest BCUT2D eigenvalue weighted by molar-refractivity contribution is 5.81. The molecule has 0 heterocycles. The van der Waals surface area contributed by atoms with Crippen molar-refractivity contribution in [1.29, 1.82) is 0 Å². The van der Waals surface area contributed by atoms with Crippen LogP contribution in [-0.4, -0.2) is 18.9 Å². The van der Waals surface area contributed by atoms with Crippen molar-refractivity contribution in [1.82, 2.24) is 5.32 Å². The molecule has 1 N–H and O–H groups in total. The van der Waals surface area contributed by atoms with Gasteiger partial charge in [0.1, 0.15) is 11.6 Å². The zero-order valence-corrected chi connectivity index (χ0v) is 8.38. The van der Waals surface area contributed by atoms with E-state index in [2.05, 4.69) is 5.32 Å². The van der Waals surface area contributed by atoms with Crippen molar-refractivity contribution >= 4 is 5.78 Å². The number of benzene rings is 1. The highest BCUT2D eigenvalue weighted by Gasteiger charge is 2.11. The molecule has 0 aliphatic carbocycles. The minimum Gasteiger partial charge on any atom is -0.310 e. The van der Waals surface area contributed by atoms with Crippen LogP contribution < -0.4 is 5.32 Å². The average Bonchev–Trinajstić information content (AvgIpc) is 2.14. The van der Waals surface area contributed by atoms with Gasteiger partial charge in [0.15, 0.2) is 0 Å². The smallest absolute Gasteiger partial charge is 0.147 e. The zero-order chi connectivity index (χ0) is 10.6. The fraction of sp³-hybridized carbons (Fsp3) is 0.364. The molecule has 0 fully saturated rings. The van der Waals surface area contributed by atoms with Gasteiger partial charge < -0.3 is 5.32 Å². The molecule has 0 aliphatic rings. The third-order valence-electron chi connectivity index (χ3n) is 2.17. The van der Waals surface area contributed by atoms with Gasteiger partial charge in [0.2, 0.25) is 0 Å². The maximum Gasteiger partial charge on any atom is 0.147 e. The molecule has 0 bridgehead atoms. The van der Waals surface area contributed by atoms with E-state index in [1.165, 1.54) is 19.1 Å². The van der Waals surface area contributed by atoms with Crippen molar-refractivity contribution in [3.8, 4) is 0 Å². The third-order valence-corrected chi connectivity index (χ3v) is 2.17. The first-order chi connectivity index (χ1) is 6.63. The number of nitrogens with one attached hydrogen (secondary N) is 1. The molecule has 0 spiro atoms. The molecule has 76 valence electrons. The molecule has 0 amide bonds. The molecule has 0 saturated carbocycles. The number of carbonyl (C=O) groups is 1. The first-order valence-corrected chi connectivity index (χ1v) is 4.55. The standard InChI is InChI=1S/C11H14FNO/c1-8(14)11(13-2)7-9-4-3-5-10(12)6-9/h3-6,11,13H,7H2,1-2H3/t11-/m1/s1. The monoisotopic (exact) mass is 195 g/mol. The predicted octanol–water partition coefficient (Wildman–Crippen LogP) is 1.55. The fourth-order valence-electron chi connectivity index (χ4n) is 1.35. The molecule has 1 atom stereocenters. The Hall–Kier alpha value is -1.22. The first-order valence-electron chi connectivity index (χ1n) is 4.55. The topological polar surface area (TPSA) is 29.1 Å². The Labute approximate surface area is 83.1 Å². The summed E-state index contributed by atoms with van der Waals surface area (Å²) in [5, 5.41) is 2.90. The van der Waals surface area contributed by atoms with Crippen LogP contribution >= 0.6 is 0 Å². The van der Waals surface area contributed by atoms with Gasteiger partial charge in [-0.25, -0.2) is 4.39 Å².